The molecular formula is C4H5Cl4NO2. The second-order valence-electron chi connectivity index (χ2n) is 1.45. The first-order valence-corrected chi connectivity index (χ1v) is 4.20. The van der Waals surface area contributed by atoms with Gasteiger partial charge in [-0.15, -0.1) is 11.6 Å². The average molecular weight is 241 g/mol. The molecule has 11 heavy (non-hydrogen) atoms. The zero-order valence-corrected chi connectivity index (χ0v) is 8.27. The molecule has 0 aliphatic carbocycles. The SMILES string of the molecule is O=C(NC(Cl)(Cl)Cl)OCCCl. The van der Waals surface area contributed by atoms with Gasteiger partial charge in [0.25, 0.3) is 3.92 Å². The predicted octanol–water partition coefficient (Wildman–Crippen LogP) is 2.28. The first-order valence-electron chi connectivity index (χ1n) is 2.53. The standard InChI is InChI=1S/C4H5Cl4NO2/c5-1-2-11-3(10)9-4(6,7)8/h1-2H2,(H,9,10). The van der Waals surface area contributed by atoms with Crippen molar-refractivity contribution in [1.82, 2.24) is 5.32 Å². The van der Waals surface area contributed by atoms with Crippen molar-refractivity contribution in [2.75, 3.05) is 12.5 Å². The molecule has 0 aliphatic rings. The van der Waals surface area contributed by atoms with Crippen LogP contribution < -0.4 is 5.32 Å². The molecule has 7 heteroatoms. The Hall–Kier alpha value is 0.430. The van der Waals surface area contributed by atoms with Crippen LogP contribution >= 0.6 is 46.4 Å². The fourth-order valence-electron chi connectivity index (χ4n) is 0.283. The number of alkyl carbamates (subject to hydrolysis) is 1. The highest BCUT2D eigenvalue weighted by Gasteiger charge is 2.22. The number of hydrogen-bond donors (Lipinski definition) is 1. The number of carbonyl (C=O) groups is 1. The van der Waals surface area contributed by atoms with E-state index in [1.807, 2.05) is 5.32 Å². The molecule has 0 heterocycles. The highest BCUT2D eigenvalue weighted by molar-refractivity contribution is 6.67. The Bertz CT molecular complexity index is 135. The number of hydrogen-bond acceptors (Lipinski definition) is 2. The molecule has 0 rings (SSSR count). The van der Waals surface area contributed by atoms with E-state index in [9.17, 15) is 4.79 Å². The third-order valence-corrected chi connectivity index (χ3v) is 0.992. The van der Waals surface area contributed by atoms with Crippen molar-refractivity contribution in [2.24, 2.45) is 0 Å². The molecule has 0 bridgehead atoms. The van der Waals surface area contributed by atoms with Gasteiger partial charge in [0.05, 0.1) is 5.88 Å². The van der Waals surface area contributed by atoms with Crippen molar-refractivity contribution in [2.45, 2.75) is 3.92 Å². The molecule has 0 aliphatic heterocycles. The monoisotopic (exact) mass is 239 g/mol. The van der Waals surface area contributed by atoms with Crippen LogP contribution in [0.25, 0.3) is 0 Å². The first kappa shape index (κ1) is 11.4. The molecule has 1 N–H and O–H groups in total. The minimum Gasteiger partial charge on any atom is -0.448 e. The van der Waals surface area contributed by atoms with E-state index in [-0.39, 0.29) is 12.5 Å². The molecule has 0 fully saturated rings. The lowest BCUT2D eigenvalue weighted by Crippen LogP contribution is -2.35. The van der Waals surface area contributed by atoms with Gasteiger partial charge in [-0.3, -0.25) is 5.32 Å². The molecule has 0 saturated heterocycles. The molecule has 0 aromatic carbocycles. The Kier molecular flexibility index (Phi) is 5.34. The maximum absolute atomic E-state index is 10.6. The summed E-state index contributed by atoms with van der Waals surface area (Å²) in [6.07, 6.45) is -0.814. The van der Waals surface area contributed by atoms with Crippen molar-refractivity contribution in [3.63, 3.8) is 0 Å². The Morgan fingerprint density at radius 3 is 2.36 bits per heavy atom. The van der Waals surface area contributed by atoms with Gasteiger partial charge in [0.2, 0.25) is 0 Å². The second kappa shape index (κ2) is 5.14. The van der Waals surface area contributed by atoms with Crippen molar-refractivity contribution in [3.05, 3.63) is 0 Å². The van der Waals surface area contributed by atoms with Crippen LogP contribution in [0.4, 0.5) is 4.79 Å². The third-order valence-electron chi connectivity index (χ3n) is 0.554. The zero-order chi connectivity index (χ0) is 8.91. The van der Waals surface area contributed by atoms with E-state index < -0.39 is 10.0 Å². The average Bonchev–Trinajstić information content (AvgIpc) is 1.79. The molecule has 0 saturated carbocycles. The number of alkyl halides is 4. The summed E-state index contributed by atoms with van der Waals surface area (Å²) in [4.78, 5) is 10.6. The van der Waals surface area contributed by atoms with Gasteiger partial charge in [-0.2, -0.15) is 0 Å². The summed E-state index contributed by atoms with van der Waals surface area (Å²) in [5.74, 6) is 0.202. The molecule has 0 radical (unpaired) electrons. The van der Waals surface area contributed by atoms with Crippen molar-refractivity contribution < 1.29 is 9.53 Å². The fraction of sp³-hybridized carbons (Fsp3) is 0.750. The summed E-state index contributed by atoms with van der Waals surface area (Å²) in [7, 11) is 0. The smallest absolute Gasteiger partial charge is 0.410 e. The lowest BCUT2D eigenvalue weighted by Gasteiger charge is -2.11. The minimum atomic E-state index is -1.83. The van der Waals surface area contributed by atoms with Gasteiger partial charge in [0, 0.05) is 0 Å². The van der Waals surface area contributed by atoms with Crippen LogP contribution in [0.15, 0.2) is 0 Å². The minimum absolute atomic E-state index is 0.0775. The predicted molar refractivity (Wildman–Crippen MR) is 45.5 cm³/mol. The highest BCUT2D eigenvalue weighted by Crippen LogP contribution is 2.21. The van der Waals surface area contributed by atoms with E-state index in [1.54, 1.807) is 0 Å². The van der Waals surface area contributed by atoms with Crippen LogP contribution in [0.1, 0.15) is 0 Å². The molecule has 0 atom stereocenters. The number of nitrogens with one attached hydrogen (secondary N) is 1. The van der Waals surface area contributed by atoms with Crippen LogP contribution in [-0.2, 0) is 4.74 Å². The maximum Gasteiger partial charge on any atom is 0.410 e. The van der Waals surface area contributed by atoms with Gasteiger partial charge in [-0.25, -0.2) is 4.79 Å². The molecule has 3 nitrogen and oxygen atoms in total. The summed E-state index contributed by atoms with van der Waals surface area (Å²) in [6.45, 7) is 0.0775. The highest BCUT2D eigenvalue weighted by atomic mass is 35.6. The van der Waals surface area contributed by atoms with Gasteiger partial charge in [-0.1, -0.05) is 34.8 Å². The molecule has 0 aromatic heterocycles. The third kappa shape index (κ3) is 8.34. The largest absolute Gasteiger partial charge is 0.448 e. The number of carbonyl (C=O) groups excluding carboxylic acids is 1. The number of amides is 1. The molecule has 66 valence electrons. The lowest BCUT2D eigenvalue weighted by molar-refractivity contribution is 0.153. The summed E-state index contributed by atoms with van der Waals surface area (Å²) in [6, 6.07) is 0. The van der Waals surface area contributed by atoms with Crippen LogP contribution in [0.3, 0.4) is 0 Å². The molecular weight excluding hydrogens is 236 g/mol. The summed E-state index contributed by atoms with van der Waals surface area (Å²) in [5.41, 5.74) is 0. The molecule has 0 unspecified atom stereocenters. The van der Waals surface area contributed by atoms with Crippen molar-refractivity contribution in [1.29, 1.82) is 0 Å². The Balaban J connectivity index is 3.53. The second-order valence-corrected chi connectivity index (χ2v) is 4.11. The quantitative estimate of drug-likeness (QED) is 0.594. The molecule has 0 spiro atoms. The van der Waals surface area contributed by atoms with Crippen molar-refractivity contribution in [3.8, 4) is 0 Å². The van der Waals surface area contributed by atoms with Gasteiger partial charge < -0.3 is 4.74 Å². The van der Waals surface area contributed by atoms with E-state index >= 15 is 0 Å². The van der Waals surface area contributed by atoms with E-state index in [4.69, 9.17) is 46.4 Å². The van der Waals surface area contributed by atoms with Gasteiger partial charge >= 0.3 is 6.09 Å². The number of halogens is 4. The van der Waals surface area contributed by atoms with Crippen molar-refractivity contribution >= 4 is 52.5 Å². The maximum atomic E-state index is 10.6. The lowest BCUT2D eigenvalue weighted by atomic mass is 10.8. The Morgan fingerprint density at radius 1 is 1.45 bits per heavy atom. The van der Waals surface area contributed by atoms with Crippen LogP contribution in [0.5, 0.6) is 0 Å². The number of ether oxygens (including phenoxy) is 1. The van der Waals surface area contributed by atoms with E-state index in [1.165, 1.54) is 0 Å². The van der Waals surface area contributed by atoms with Crippen LogP contribution in [0, 0.1) is 0 Å². The van der Waals surface area contributed by atoms with Gasteiger partial charge in [0.15, 0.2) is 0 Å². The first-order chi connectivity index (χ1) is 4.95. The zero-order valence-electron chi connectivity index (χ0n) is 5.24. The number of rotatable bonds is 2. The van der Waals surface area contributed by atoms with E-state index in [2.05, 4.69) is 4.74 Å². The summed E-state index contributed by atoms with van der Waals surface area (Å²) in [5, 5.41) is 1.93. The van der Waals surface area contributed by atoms with Gasteiger partial charge in [0.1, 0.15) is 6.61 Å². The normalized spacial score (nSPS) is 10.9. The van der Waals surface area contributed by atoms with E-state index in [0.717, 1.165) is 0 Å². The topological polar surface area (TPSA) is 38.3 Å². The summed E-state index contributed by atoms with van der Waals surface area (Å²) >= 11 is 20.8. The van der Waals surface area contributed by atoms with E-state index in [0.29, 0.717) is 0 Å². The van der Waals surface area contributed by atoms with Crippen LogP contribution in [0.2, 0.25) is 0 Å². The van der Waals surface area contributed by atoms with Gasteiger partial charge in [-0.05, 0) is 0 Å². The summed E-state index contributed by atoms with van der Waals surface area (Å²) < 4.78 is 2.60. The van der Waals surface area contributed by atoms with Crippen LogP contribution in [-0.4, -0.2) is 22.5 Å². The fourth-order valence-corrected chi connectivity index (χ4v) is 0.592. The molecule has 1 amide bonds. The molecule has 0 aromatic rings. The Labute approximate surface area is 83.9 Å². The Morgan fingerprint density at radius 2 is 2.00 bits per heavy atom.